The Hall–Kier alpha value is -3.76. The van der Waals surface area contributed by atoms with E-state index in [0.717, 1.165) is 37.3 Å². The number of carbonyl (C=O) groups excluding carboxylic acids is 3. The summed E-state index contributed by atoms with van der Waals surface area (Å²) >= 11 is 0. The summed E-state index contributed by atoms with van der Waals surface area (Å²) in [7, 11) is -4.60. The van der Waals surface area contributed by atoms with Gasteiger partial charge in [-0.2, -0.15) is 26.3 Å². The third-order valence-electron chi connectivity index (χ3n) is 9.57. The first-order chi connectivity index (χ1) is 22.1. The summed E-state index contributed by atoms with van der Waals surface area (Å²) in [5.74, 6) is -3.42. The molecule has 0 bridgehead atoms. The van der Waals surface area contributed by atoms with E-state index in [9.17, 15) is 53.5 Å². The SMILES string of the molecule is CC(=O)OC1(CC(=O)N[C@@H]2CC[C@@]3(S(=O)(=O)c4ccc(F)cc4)c4ccc(C(F)(C(F)(F)F)C(F)(F)F)cc4CC[C@@H]23)CN(C(C)=O)C1. The second-order valence-corrected chi connectivity index (χ2v) is 14.8. The van der Waals surface area contributed by atoms with Gasteiger partial charge in [-0.15, -0.1) is 0 Å². The van der Waals surface area contributed by atoms with Crippen LogP contribution in [0.5, 0.6) is 0 Å². The predicted octanol–water partition coefficient (Wildman–Crippen LogP) is 5.18. The van der Waals surface area contributed by atoms with Gasteiger partial charge in [0.2, 0.25) is 11.8 Å². The van der Waals surface area contributed by atoms with Crippen molar-refractivity contribution in [3.8, 4) is 0 Å². The molecule has 3 atom stereocenters. The van der Waals surface area contributed by atoms with E-state index in [4.69, 9.17) is 4.74 Å². The average molecular weight is 711 g/mol. The monoisotopic (exact) mass is 710 g/mol. The van der Waals surface area contributed by atoms with Crippen molar-refractivity contribution >= 4 is 27.6 Å². The van der Waals surface area contributed by atoms with Gasteiger partial charge in [-0.3, -0.25) is 14.4 Å². The molecule has 1 aliphatic heterocycles. The molecule has 8 nitrogen and oxygen atoms in total. The van der Waals surface area contributed by atoms with E-state index in [2.05, 4.69) is 5.32 Å². The highest BCUT2D eigenvalue weighted by atomic mass is 32.2. The first-order valence-electron chi connectivity index (χ1n) is 14.8. The lowest BCUT2D eigenvalue weighted by molar-refractivity contribution is -0.348. The highest BCUT2D eigenvalue weighted by Gasteiger charge is 2.74. The fourth-order valence-electron chi connectivity index (χ4n) is 7.49. The Morgan fingerprint density at radius 3 is 2.08 bits per heavy atom. The molecule has 0 aromatic heterocycles. The lowest BCUT2D eigenvalue weighted by Crippen LogP contribution is -2.66. The normalized spacial score (nSPS) is 23.8. The second-order valence-electron chi connectivity index (χ2n) is 12.6. The number of esters is 1. The van der Waals surface area contributed by atoms with Crippen molar-refractivity contribution in [1.29, 1.82) is 0 Å². The van der Waals surface area contributed by atoms with Crippen LogP contribution >= 0.6 is 0 Å². The van der Waals surface area contributed by atoms with Gasteiger partial charge >= 0.3 is 24.0 Å². The van der Waals surface area contributed by atoms with Crippen molar-refractivity contribution in [1.82, 2.24) is 10.2 Å². The van der Waals surface area contributed by atoms with E-state index in [-0.39, 0.29) is 73.2 Å². The van der Waals surface area contributed by atoms with Crippen molar-refractivity contribution in [3.63, 3.8) is 0 Å². The van der Waals surface area contributed by atoms with Crippen LogP contribution in [0.4, 0.5) is 35.1 Å². The second kappa shape index (κ2) is 11.7. The first kappa shape index (κ1) is 35.5. The largest absolute Gasteiger partial charge is 0.455 e. The Morgan fingerprint density at radius 2 is 1.54 bits per heavy atom. The lowest BCUT2D eigenvalue weighted by Gasteiger charge is -2.48. The minimum atomic E-state index is -6.39. The number of amides is 2. The fourth-order valence-corrected chi connectivity index (χ4v) is 9.96. The topological polar surface area (TPSA) is 110 Å². The number of likely N-dealkylation sites (tertiary alicyclic amines) is 1. The molecule has 1 saturated carbocycles. The maximum atomic E-state index is 15.0. The van der Waals surface area contributed by atoms with Crippen LogP contribution in [-0.4, -0.2) is 68.2 Å². The molecule has 17 heteroatoms. The number of sulfone groups is 1. The summed E-state index contributed by atoms with van der Waals surface area (Å²) in [5, 5.41) is 2.77. The summed E-state index contributed by atoms with van der Waals surface area (Å²) in [6.45, 7) is 2.30. The number of halogens is 8. The van der Waals surface area contributed by atoms with E-state index < -0.39 is 73.4 Å². The number of aryl methyl sites for hydroxylation is 1. The number of ether oxygens (including phenoxy) is 1. The number of benzene rings is 2. The third kappa shape index (κ3) is 5.60. The molecule has 2 aromatic carbocycles. The molecule has 2 aliphatic carbocycles. The molecule has 262 valence electrons. The Kier molecular flexibility index (Phi) is 8.66. The maximum Gasteiger partial charge on any atom is 0.435 e. The van der Waals surface area contributed by atoms with E-state index in [1.54, 1.807) is 0 Å². The Bertz CT molecular complexity index is 1720. The fraction of sp³-hybridized carbons (Fsp3) is 0.516. The van der Waals surface area contributed by atoms with Crippen molar-refractivity contribution in [2.45, 2.75) is 85.3 Å². The van der Waals surface area contributed by atoms with E-state index in [1.807, 2.05) is 0 Å². The van der Waals surface area contributed by atoms with Gasteiger partial charge in [0.15, 0.2) is 15.4 Å². The van der Waals surface area contributed by atoms with Crippen molar-refractivity contribution in [3.05, 3.63) is 65.0 Å². The molecular weight excluding hydrogens is 680 g/mol. The van der Waals surface area contributed by atoms with Gasteiger partial charge in [-0.05, 0) is 61.1 Å². The van der Waals surface area contributed by atoms with Gasteiger partial charge in [0.1, 0.15) is 10.6 Å². The zero-order valence-corrected chi connectivity index (χ0v) is 26.3. The molecule has 5 rings (SSSR count). The molecule has 1 heterocycles. The molecular formula is C31H30F8N2O6S. The van der Waals surface area contributed by atoms with Crippen LogP contribution in [0.15, 0.2) is 47.4 Å². The van der Waals surface area contributed by atoms with Crippen LogP contribution in [0.3, 0.4) is 0 Å². The summed E-state index contributed by atoms with van der Waals surface area (Å²) in [6, 6.07) is 4.24. The van der Waals surface area contributed by atoms with Gasteiger partial charge in [-0.25, -0.2) is 17.2 Å². The minimum Gasteiger partial charge on any atom is -0.455 e. The number of carbonyl (C=O) groups is 3. The standard InChI is InChI=1S/C31H30F8N2O6S/c1-17(42)41-15-27(16-41,47-18(2)43)14-26(44)40-25-11-12-28(48(45,46)22-7-5-21(32)6-8-22)23-10-4-20(13-19(23)3-9-24(25)28)29(33,30(34,35)36)31(37,38)39/h4-8,10,13,24-25H,3,9,11-12,14-16H2,1-2H3,(H,40,44)/t24-,25+,28+/m0/s1. The summed E-state index contributed by atoms with van der Waals surface area (Å²) in [6.07, 6.45) is -13.8. The van der Waals surface area contributed by atoms with Crippen molar-refractivity contribution < 1.29 is 62.7 Å². The minimum absolute atomic E-state index is 0.00366. The molecule has 3 aliphatic rings. The number of alkyl halides is 7. The van der Waals surface area contributed by atoms with E-state index in [1.165, 1.54) is 11.8 Å². The number of nitrogens with zero attached hydrogens (tertiary/aromatic N) is 1. The van der Waals surface area contributed by atoms with Crippen LogP contribution < -0.4 is 5.32 Å². The van der Waals surface area contributed by atoms with Gasteiger partial charge < -0.3 is 15.0 Å². The van der Waals surface area contributed by atoms with Crippen LogP contribution in [0.25, 0.3) is 0 Å². The number of hydrogen-bond donors (Lipinski definition) is 1. The summed E-state index contributed by atoms with van der Waals surface area (Å²) < 4.78 is 143. The Balaban J connectivity index is 1.55. The zero-order chi connectivity index (χ0) is 35.7. The first-order valence-corrected chi connectivity index (χ1v) is 16.3. The van der Waals surface area contributed by atoms with Gasteiger partial charge in [0.25, 0.3) is 0 Å². The van der Waals surface area contributed by atoms with Crippen molar-refractivity contribution in [2.24, 2.45) is 5.92 Å². The van der Waals surface area contributed by atoms with Gasteiger partial charge in [0, 0.05) is 31.4 Å². The maximum absolute atomic E-state index is 15.0. The molecule has 0 spiro atoms. The molecule has 0 radical (unpaired) electrons. The predicted molar refractivity (Wildman–Crippen MR) is 151 cm³/mol. The number of fused-ring (bicyclic) bond motifs is 3. The molecule has 1 saturated heterocycles. The quantitative estimate of drug-likeness (QED) is 0.241. The molecule has 2 fully saturated rings. The van der Waals surface area contributed by atoms with Crippen LogP contribution in [0.2, 0.25) is 0 Å². The van der Waals surface area contributed by atoms with E-state index in [0.29, 0.717) is 6.07 Å². The van der Waals surface area contributed by atoms with Crippen molar-refractivity contribution in [2.75, 3.05) is 13.1 Å². The van der Waals surface area contributed by atoms with Crippen LogP contribution in [-0.2, 0) is 45.8 Å². The molecule has 2 amide bonds. The van der Waals surface area contributed by atoms with Gasteiger partial charge in [-0.1, -0.05) is 18.2 Å². The summed E-state index contributed by atoms with van der Waals surface area (Å²) in [5.41, 5.74) is -9.22. The Morgan fingerprint density at radius 1 is 0.938 bits per heavy atom. The van der Waals surface area contributed by atoms with E-state index >= 15 is 4.39 Å². The number of nitrogens with one attached hydrogen (secondary N) is 1. The number of rotatable bonds is 7. The lowest BCUT2D eigenvalue weighted by atomic mass is 9.73. The molecule has 48 heavy (non-hydrogen) atoms. The van der Waals surface area contributed by atoms with Crippen LogP contribution in [0, 0.1) is 11.7 Å². The van der Waals surface area contributed by atoms with Gasteiger partial charge in [0.05, 0.1) is 24.4 Å². The average Bonchev–Trinajstić information content (AvgIpc) is 3.33. The molecule has 1 N–H and O–H groups in total. The number of hydrogen-bond acceptors (Lipinski definition) is 6. The smallest absolute Gasteiger partial charge is 0.435 e. The summed E-state index contributed by atoms with van der Waals surface area (Å²) in [4.78, 5) is 37.8. The highest BCUT2D eigenvalue weighted by Crippen LogP contribution is 2.59. The molecule has 0 unspecified atom stereocenters. The highest BCUT2D eigenvalue weighted by molar-refractivity contribution is 7.92. The Labute approximate surface area is 269 Å². The third-order valence-corrected chi connectivity index (χ3v) is 12.2. The molecule has 2 aromatic rings. The van der Waals surface area contributed by atoms with Crippen LogP contribution in [0.1, 0.15) is 56.2 Å². The zero-order valence-electron chi connectivity index (χ0n) is 25.5.